The molecule has 0 unspecified atom stereocenters. The number of hydrogen-bond acceptors (Lipinski definition) is 3. The molecular weight excluding hydrogens is 152 g/mol. The normalized spacial score (nSPS) is 9.83. The molecule has 64 valence electrons. The Bertz CT molecular complexity index is 319. The van der Waals surface area contributed by atoms with Gasteiger partial charge in [0, 0.05) is 17.8 Å². The van der Waals surface area contributed by atoms with Crippen LogP contribution in [-0.4, -0.2) is 9.78 Å². The Balaban J connectivity index is 3.10. The highest BCUT2D eigenvalue weighted by atomic mass is 15.3. The maximum absolute atomic E-state index is 8.47. The highest BCUT2D eigenvalue weighted by Gasteiger charge is 2.08. The molecule has 1 aromatic heterocycles. The van der Waals surface area contributed by atoms with Gasteiger partial charge >= 0.3 is 0 Å². The van der Waals surface area contributed by atoms with Gasteiger partial charge in [-0.25, -0.2) is 0 Å². The van der Waals surface area contributed by atoms with Gasteiger partial charge < -0.3 is 5.73 Å². The first kappa shape index (κ1) is 8.75. The molecule has 0 aliphatic heterocycles. The quantitative estimate of drug-likeness (QED) is 0.691. The van der Waals surface area contributed by atoms with Gasteiger partial charge in [-0.1, -0.05) is 0 Å². The van der Waals surface area contributed by atoms with E-state index in [1.807, 2.05) is 19.9 Å². The molecule has 0 saturated carbocycles. The van der Waals surface area contributed by atoms with Crippen LogP contribution in [0.5, 0.6) is 0 Å². The van der Waals surface area contributed by atoms with Crippen molar-refractivity contribution in [1.82, 2.24) is 9.78 Å². The smallest absolute Gasteiger partial charge is 0.128 e. The first-order valence-corrected chi connectivity index (χ1v) is 3.80. The second-order valence-electron chi connectivity index (χ2n) is 2.67. The molecule has 0 saturated heterocycles. The fourth-order valence-corrected chi connectivity index (χ4v) is 1.25. The minimum atomic E-state index is 0.298. The molecule has 2 N–H and O–H groups in total. The Morgan fingerprint density at radius 2 is 2.25 bits per heavy atom. The lowest BCUT2D eigenvalue weighted by atomic mass is 10.2. The molecule has 0 bridgehead atoms. The topological polar surface area (TPSA) is 67.6 Å². The standard InChI is InChI=1S/C8H12N4/c1-6-8(5-10)7(2)12(11-6)4-3-9/h4-5,10H2,1-2H3. The summed E-state index contributed by atoms with van der Waals surface area (Å²) in [7, 11) is 0. The zero-order valence-electron chi connectivity index (χ0n) is 7.33. The Morgan fingerprint density at radius 1 is 1.58 bits per heavy atom. The molecular formula is C8H12N4. The molecule has 0 aliphatic rings. The number of rotatable bonds is 2. The molecule has 4 heteroatoms. The van der Waals surface area contributed by atoms with Gasteiger partial charge in [0.25, 0.3) is 0 Å². The lowest BCUT2D eigenvalue weighted by Crippen LogP contribution is -2.02. The van der Waals surface area contributed by atoms with Crippen molar-refractivity contribution >= 4 is 0 Å². The third-order valence-corrected chi connectivity index (χ3v) is 1.96. The van der Waals surface area contributed by atoms with Crippen molar-refractivity contribution in [2.24, 2.45) is 5.73 Å². The molecule has 1 aromatic rings. The molecule has 0 atom stereocenters. The van der Waals surface area contributed by atoms with Crippen molar-refractivity contribution < 1.29 is 0 Å². The number of nitrogens with zero attached hydrogens (tertiary/aromatic N) is 3. The zero-order chi connectivity index (χ0) is 9.14. The second kappa shape index (κ2) is 3.37. The van der Waals surface area contributed by atoms with Gasteiger partial charge in [-0.15, -0.1) is 0 Å². The van der Waals surface area contributed by atoms with Crippen molar-refractivity contribution in [3.05, 3.63) is 17.0 Å². The predicted molar refractivity (Wildman–Crippen MR) is 45.2 cm³/mol. The van der Waals surface area contributed by atoms with Gasteiger partial charge in [0.05, 0.1) is 11.8 Å². The van der Waals surface area contributed by atoms with Crippen LogP contribution in [0.3, 0.4) is 0 Å². The fourth-order valence-electron chi connectivity index (χ4n) is 1.25. The molecule has 4 nitrogen and oxygen atoms in total. The third kappa shape index (κ3) is 1.31. The summed E-state index contributed by atoms with van der Waals surface area (Å²) in [5.74, 6) is 0. The summed E-state index contributed by atoms with van der Waals surface area (Å²) in [6.07, 6.45) is 0. The summed E-state index contributed by atoms with van der Waals surface area (Å²) >= 11 is 0. The van der Waals surface area contributed by atoms with E-state index in [0.29, 0.717) is 13.1 Å². The van der Waals surface area contributed by atoms with E-state index in [4.69, 9.17) is 11.0 Å². The maximum atomic E-state index is 8.47. The average molecular weight is 164 g/mol. The first-order chi connectivity index (χ1) is 5.70. The van der Waals surface area contributed by atoms with E-state index in [2.05, 4.69) is 5.10 Å². The number of hydrogen-bond donors (Lipinski definition) is 1. The van der Waals surface area contributed by atoms with E-state index in [1.165, 1.54) is 0 Å². The molecule has 12 heavy (non-hydrogen) atoms. The molecule has 0 spiro atoms. The maximum Gasteiger partial charge on any atom is 0.128 e. The fraction of sp³-hybridized carbons (Fsp3) is 0.500. The van der Waals surface area contributed by atoms with E-state index < -0.39 is 0 Å². The summed E-state index contributed by atoms with van der Waals surface area (Å²) in [6, 6.07) is 2.05. The van der Waals surface area contributed by atoms with E-state index in [9.17, 15) is 0 Å². The van der Waals surface area contributed by atoms with Crippen LogP contribution in [0.1, 0.15) is 17.0 Å². The van der Waals surface area contributed by atoms with Crippen molar-refractivity contribution in [2.45, 2.75) is 26.9 Å². The lowest BCUT2D eigenvalue weighted by molar-refractivity contribution is 0.678. The number of aryl methyl sites for hydroxylation is 1. The number of aromatic nitrogens is 2. The van der Waals surface area contributed by atoms with Gasteiger partial charge in [-0.2, -0.15) is 10.4 Å². The molecule has 0 aromatic carbocycles. The molecule has 1 heterocycles. The SMILES string of the molecule is Cc1nn(CC#N)c(C)c1CN. The summed E-state index contributed by atoms with van der Waals surface area (Å²) in [5.41, 5.74) is 8.49. The van der Waals surface area contributed by atoms with E-state index in [0.717, 1.165) is 17.0 Å². The predicted octanol–water partition coefficient (Wildman–Crippen LogP) is 0.482. The summed E-state index contributed by atoms with van der Waals surface area (Å²) in [5, 5.41) is 12.7. The van der Waals surface area contributed by atoms with Crippen molar-refractivity contribution in [2.75, 3.05) is 0 Å². The first-order valence-electron chi connectivity index (χ1n) is 3.80. The second-order valence-corrected chi connectivity index (χ2v) is 2.67. The van der Waals surface area contributed by atoms with Crippen LogP contribution in [0, 0.1) is 25.2 Å². The summed E-state index contributed by atoms with van der Waals surface area (Å²) < 4.78 is 1.68. The molecule has 0 radical (unpaired) electrons. The monoisotopic (exact) mass is 164 g/mol. The Kier molecular flexibility index (Phi) is 2.46. The average Bonchev–Trinajstić information content (AvgIpc) is 2.29. The molecule has 0 amide bonds. The van der Waals surface area contributed by atoms with Gasteiger partial charge in [0.2, 0.25) is 0 Å². The van der Waals surface area contributed by atoms with Crippen LogP contribution in [0.4, 0.5) is 0 Å². The highest BCUT2D eigenvalue weighted by molar-refractivity contribution is 5.24. The number of nitriles is 1. The van der Waals surface area contributed by atoms with Crippen molar-refractivity contribution in [3.63, 3.8) is 0 Å². The van der Waals surface area contributed by atoms with E-state index >= 15 is 0 Å². The van der Waals surface area contributed by atoms with Gasteiger partial charge in [-0.05, 0) is 13.8 Å². The van der Waals surface area contributed by atoms with Gasteiger partial charge in [0.15, 0.2) is 0 Å². The van der Waals surface area contributed by atoms with Crippen LogP contribution >= 0.6 is 0 Å². The molecule has 0 aliphatic carbocycles. The van der Waals surface area contributed by atoms with Crippen LogP contribution in [-0.2, 0) is 13.1 Å². The summed E-state index contributed by atoms with van der Waals surface area (Å²) in [4.78, 5) is 0. The molecule has 1 rings (SSSR count). The summed E-state index contributed by atoms with van der Waals surface area (Å²) in [6.45, 7) is 4.62. The van der Waals surface area contributed by atoms with Crippen LogP contribution in [0.15, 0.2) is 0 Å². The Morgan fingerprint density at radius 3 is 2.67 bits per heavy atom. The lowest BCUT2D eigenvalue weighted by Gasteiger charge is -1.97. The third-order valence-electron chi connectivity index (χ3n) is 1.96. The Labute approximate surface area is 71.6 Å². The Hall–Kier alpha value is -1.34. The van der Waals surface area contributed by atoms with Crippen LogP contribution in [0.25, 0.3) is 0 Å². The van der Waals surface area contributed by atoms with Crippen LogP contribution < -0.4 is 5.73 Å². The minimum absolute atomic E-state index is 0.298. The van der Waals surface area contributed by atoms with Crippen molar-refractivity contribution in [1.29, 1.82) is 5.26 Å². The van der Waals surface area contributed by atoms with Gasteiger partial charge in [0.1, 0.15) is 6.54 Å². The largest absolute Gasteiger partial charge is 0.326 e. The van der Waals surface area contributed by atoms with Crippen LogP contribution in [0.2, 0.25) is 0 Å². The molecule has 0 fully saturated rings. The van der Waals surface area contributed by atoms with E-state index in [-0.39, 0.29) is 0 Å². The number of nitrogens with two attached hydrogens (primary N) is 1. The zero-order valence-corrected chi connectivity index (χ0v) is 7.33. The highest BCUT2D eigenvalue weighted by Crippen LogP contribution is 2.11. The van der Waals surface area contributed by atoms with E-state index in [1.54, 1.807) is 4.68 Å². The van der Waals surface area contributed by atoms with Gasteiger partial charge in [-0.3, -0.25) is 4.68 Å². The van der Waals surface area contributed by atoms with Crippen molar-refractivity contribution in [3.8, 4) is 6.07 Å². The minimum Gasteiger partial charge on any atom is -0.326 e.